The minimum Gasteiger partial charge on any atom is -0.292 e. The number of aromatic nitrogens is 2. The molecule has 0 unspecified atom stereocenters. The molecule has 0 aliphatic rings. The molecule has 0 N–H and O–H groups in total. The van der Waals surface area contributed by atoms with Crippen LogP contribution in [-0.2, 0) is 0 Å². The Hall–Kier alpha value is -2.55. The minimum absolute atomic E-state index is 0.690. The predicted molar refractivity (Wildman–Crippen MR) is 109 cm³/mol. The van der Waals surface area contributed by atoms with Crippen LogP contribution in [0.2, 0.25) is 10.0 Å². The van der Waals surface area contributed by atoms with Gasteiger partial charge in [-0.15, -0.1) is 0 Å². The second kappa shape index (κ2) is 6.99. The highest BCUT2D eigenvalue weighted by Crippen LogP contribution is 2.33. The maximum atomic E-state index is 6.30. The monoisotopic (exact) mass is 378 g/mol. The van der Waals surface area contributed by atoms with E-state index >= 15 is 0 Å². The molecule has 2 nitrogen and oxygen atoms in total. The van der Waals surface area contributed by atoms with Crippen LogP contribution in [0.15, 0.2) is 79.0 Å². The first-order valence-corrected chi connectivity index (χ1v) is 9.05. The van der Waals surface area contributed by atoms with Gasteiger partial charge >= 0.3 is 0 Å². The molecule has 4 aromatic rings. The van der Waals surface area contributed by atoms with Gasteiger partial charge in [-0.25, -0.2) is 4.98 Å². The van der Waals surface area contributed by atoms with Crippen molar-refractivity contribution in [1.29, 1.82) is 0 Å². The normalized spacial score (nSPS) is 10.9. The maximum absolute atomic E-state index is 6.30. The van der Waals surface area contributed by atoms with Crippen molar-refractivity contribution in [3.63, 3.8) is 0 Å². The van der Waals surface area contributed by atoms with Crippen molar-refractivity contribution in [1.82, 2.24) is 9.55 Å². The molecule has 0 atom stereocenters. The molecule has 0 amide bonds. The first-order chi connectivity index (χ1) is 12.6. The summed E-state index contributed by atoms with van der Waals surface area (Å²) in [6.07, 6.45) is 1.88. The third-order valence-corrected chi connectivity index (χ3v) is 4.80. The van der Waals surface area contributed by atoms with E-state index < -0.39 is 0 Å². The van der Waals surface area contributed by atoms with Crippen LogP contribution in [0, 0.1) is 6.92 Å². The topological polar surface area (TPSA) is 17.8 Å². The van der Waals surface area contributed by atoms with Gasteiger partial charge in [0.1, 0.15) is 5.82 Å². The number of hydrogen-bond donors (Lipinski definition) is 0. The zero-order valence-electron chi connectivity index (χ0n) is 14.2. The van der Waals surface area contributed by atoms with Crippen molar-refractivity contribution in [3.05, 3.63) is 94.6 Å². The molecular formula is C22H16Cl2N2. The van der Waals surface area contributed by atoms with Gasteiger partial charge in [-0.1, -0.05) is 71.7 Å². The van der Waals surface area contributed by atoms with Crippen LogP contribution in [0.5, 0.6) is 0 Å². The lowest BCUT2D eigenvalue weighted by molar-refractivity contribution is 1.06. The van der Waals surface area contributed by atoms with Crippen LogP contribution >= 0.6 is 23.2 Å². The van der Waals surface area contributed by atoms with E-state index in [0.29, 0.717) is 10.0 Å². The van der Waals surface area contributed by atoms with E-state index in [-0.39, 0.29) is 0 Å². The summed E-state index contributed by atoms with van der Waals surface area (Å²) in [6, 6.07) is 23.8. The highest BCUT2D eigenvalue weighted by atomic mass is 35.5. The largest absolute Gasteiger partial charge is 0.292 e. The van der Waals surface area contributed by atoms with Crippen molar-refractivity contribution in [3.8, 4) is 28.3 Å². The molecule has 0 bridgehead atoms. The molecule has 4 rings (SSSR count). The van der Waals surface area contributed by atoms with E-state index in [4.69, 9.17) is 28.2 Å². The lowest BCUT2D eigenvalue weighted by atomic mass is 10.1. The molecule has 1 aromatic heterocycles. The number of hydrogen-bond acceptors (Lipinski definition) is 1. The van der Waals surface area contributed by atoms with Gasteiger partial charge in [0.25, 0.3) is 0 Å². The fourth-order valence-corrected chi connectivity index (χ4v) is 3.42. The Morgan fingerprint density at radius 3 is 2.27 bits per heavy atom. The van der Waals surface area contributed by atoms with E-state index in [1.807, 2.05) is 66.9 Å². The van der Waals surface area contributed by atoms with E-state index in [1.165, 1.54) is 0 Å². The number of imidazole rings is 1. The average molecular weight is 379 g/mol. The van der Waals surface area contributed by atoms with E-state index in [0.717, 1.165) is 33.9 Å². The van der Waals surface area contributed by atoms with E-state index in [1.54, 1.807) is 0 Å². The summed E-state index contributed by atoms with van der Waals surface area (Å²) >= 11 is 12.5. The van der Waals surface area contributed by atoms with Crippen molar-refractivity contribution in [2.75, 3.05) is 0 Å². The molecular weight excluding hydrogens is 363 g/mol. The second-order valence-corrected chi connectivity index (χ2v) is 6.98. The summed E-state index contributed by atoms with van der Waals surface area (Å²) in [7, 11) is 0. The summed E-state index contributed by atoms with van der Waals surface area (Å²) in [6.45, 7) is 2.07. The van der Waals surface area contributed by atoms with Crippen LogP contribution in [0.25, 0.3) is 28.3 Å². The van der Waals surface area contributed by atoms with Gasteiger partial charge in [0.15, 0.2) is 0 Å². The van der Waals surface area contributed by atoms with Crippen LogP contribution in [0.4, 0.5) is 0 Å². The quantitative estimate of drug-likeness (QED) is 0.382. The smallest absolute Gasteiger partial charge is 0.144 e. The average Bonchev–Trinajstić information content (AvgIpc) is 3.09. The van der Waals surface area contributed by atoms with Crippen molar-refractivity contribution < 1.29 is 0 Å². The van der Waals surface area contributed by atoms with Crippen molar-refractivity contribution in [2.45, 2.75) is 6.92 Å². The number of nitrogens with zero attached hydrogens (tertiary/aromatic N) is 2. The predicted octanol–water partition coefficient (Wildman–Crippen LogP) is 6.82. The molecule has 128 valence electrons. The third kappa shape index (κ3) is 3.14. The summed E-state index contributed by atoms with van der Waals surface area (Å²) in [5, 5.41) is 1.38. The van der Waals surface area contributed by atoms with Gasteiger partial charge in [0.2, 0.25) is 0 Å². The Labute approximate surface area is 162 Å². The van der Waals surface area contributed by atoms with E-state index in [9.17, 15) is 0 Å². The number of halogens is 2. The first kappa shape index (κ1) is 16.9. The van der Waals surface area contributed by atoms with E-state index in [2.05, 4.69) is 23.6 Å². The van der Waals surface area contributed by atoms with Crippen molar-refractivity contribution >= 4 is 23.2 Å². The van der Waals surface area contributed by atoms with Crippen LogP contribution < -0.4 is 0 Å². The zero-order valence-corrected chi connectivity index (χ0v) is 15.7. The Bertz CT molecular complexity index is 1070. The third-order valence-electron chi connectivity index (χ3n) is 4.33. The summed E-state index contributed by atoms with van der Waals surface area (Å²) in [5.74, 6) is 0.867. The number of rotatable bonds is 3. The molecule has 1 heterocycles. The molecule has 0 saturated carbocycles. The van der Waals surface area contributed by atoms with Crippen LogP contribution in [-0.4, -0.2) is 9.55 Å². The molecule has 0 fully saturated rings. The first-order valence-electron chi connectivity index (χ1n) is 8.29. The Morgan fingerprint density at radius 2 is 1.50 bits per heavy atom. The molecule has 26 heavy (non-hydrogen) atoms. The molecule has 0 aliphatic carbocycles. The lowest BCUT2D eigenvalue weighted by Crippen LogP contribution is -2.02. The Balaban J connectivity index is 2.02. The van der Waals surface area contributed by atoms with Gasteiger partial charge in [-0.3, -0.25) is 4.57 Å². The van der Waals surface area contributed by atoms with Gasteiger partial charge in [0, 0.05) is 21.2 Å². The van der Waals surface area contributed by atoms with Crippen LogP contribution in [0.3, 0.4) is 0 Å². The summed E-state index contributed by atoms with van der Waals surface area (Å²) in [4.78, 5) is 4.72. The number of aryl methyl sites for hydroxylation is 1. The van der Waals surface area contributed by atoms with Gasteiger partial charge < -0.3 is 0 Å². The molecule has 0 radical (unpaired) electrons. The molecule has 4 heteroatoms. The highest BCUT2D eigenvalue weighted by molar-refractivity contribution is 6.31. The highest BCUT2D eigenvalue weighted by Gasteiger charge is 2.17. The second-order valence-electron chi connectivity index (χ2n) is 6.11. The Kier molecular flexibility index (Phi) is 4.54. The standard InChI is InChI=1S/C22H16Cl2N2/c1-15-10-11-19(24)13-20(15)26-21(17-8-5-9-18(23)12-17)14-25-22(26)16-6-3-2-4-7-16/h2-14H,1H3. The minimum atomic E-state index is 0.690. The molecule has 0 spiro atoms. The van der Waals surface area contributed by atoms with Gasteiger partial charge in [-0.2, -0.15) is 0 Å². The van der Waals surface area contributed by atoms with Gasteiger partial charge in [0.05, 0.1) is 17.6 Å². The molecule has 3 aromatic carbocycles. The summed E-state index contributed by atoms with van der Waals surface area (Å²) in [5.41, 5.74) is 5.14. The molecule has 0 aliphatic heterocycles. The van der Waals surface area contributed by atoms with Gasteiger partial charge in [-0.05, 0) is 36.8 Å². The summed E-state index contributed by atoms with van der Waals surface area (Å²) < 4.78 is 2.14. The van der Waals surface area contributed by atoms with Crippen molar-refractivity contribution in [2.24, 2.45) is 0 Å². The zero-order chi connectivity index (χ0) is 18.1. The fraction of sp³-hybridized carbons (Fsp3) is 0.0455. The molecule has 0 saturated heterocycles. The lowest BCUT2D eigenvalue weighted by Gasteiger charge is -2.15. The number of benzene rings is 3. The van der Waals surface area contributed by atoms with Crippen LogP contribution in [0.1, 0.15) is 5.56 Å². The fourth-order valence-electron chi connectivity index (χ4n) is 3.06. The Morgan fingerprint density at radius 1 is 0.769 bits per heavy atom. The SMILES string of the molecule is Cc1ccc(Cl)cc1-n1c(-c2cccc(Cl)c2)cnc1-c1ccccc1. The maximum Gasteiger partial charge on any atom is 0.144 e.